The van der Waals surface area contributed by atoms with Gasteiger partial charge in [0.05, 0.1) is 0 Å². The van der Waals surface area contributed by atoms with Gasteiger partial charge in [0.15, 0.2) is 0 Å². The normalized spacial score (nSPS) is 27.2. The van der Waals surface area contributed by atoms with Gasteiger partial charge in [0.2, 0.25) is 0 Å². The summed E-state index contributed by atoms with van der Waals surface area (Å²) in [5.41, 5.74) is 0.983. The summed E-state index contributed by atoms with van der Waals surface area (Å²) in [6.07, 6.45) is 2.77. The number of rotatable bonds is 6. The number of alkyl halides is 2. The lowest BCUT2D eigenvalue weighted by molar-refractivity contribution is -0.142. The van der Waals surface area contributed by atoms with Crippen LogP contribution in [0.15, 0.2) is 24.3 Å². The summed E-state index contributed by atoms with van der Waals surface area (Å²) in [6.45, 7) is -0.0381. The Morgan fingerprint density at radius 3 is 2.62 bits per heavy atom. The average Bonchev–Trinajstić information content (AvgIpc) is 2.93. The number of benzene rings is 1. The molecule has 0 radical (unpaired) electrons. The predicted molar refractivity (Wildman–Crippen MR) is 85.3 cm³/mol. The van der Waals surface area contributed by atoms with E-state index in [1.54, 1.807) is 12.1 Å². The van der Waals surface area contributed by atoms with E-state index in [-0.39, 0.29) is 0 Å². The monoisotopic (exact) mass is 339 g/mol. The largest absolute Gasteiger partial charge is 0.488 e. The van der Waals surface area contributed by atoms with Gasteiger partial charge in [0.25, 0.3) is 6.43 Å². The maximum Gasteiger partial charge on any atom is 0.320 e. The van der Waals surface area contributed by atoms with E-state index >= 15 is 0 Å². The van der Waals surface area contributed by atoms with Crippen LogP contribution >= 0.6 is 0 Å². The van der Waals surface area contributed by atoms with Crippen LogP contribution in [0.1, 0.15) is 37.7 Å². The molecule has 3 atom stereocenters. The first-order chi connectivity index (χ1) is 11.5. The lowest BCUT2D eigenvalue weighted by atomic mass is 9.84. The molecule has 1 N–H and O–H groups in total. The highest BCUT2D eigenvalue weighted by atomic mass is 19.3. The molecule has 24 heavy (non-hydrogen) atoms. The first-order valence-electron chi connectivity index (χ1n) is 8.53. The van der Waals surface area contributed by atoms with Crippen molar-refractivity contribution in [3.63, 3.8) is 0 Å². The molecule has 3 rings (SSSR count). The smallest absolute Gasteiger partial charge is 0.320 e. The number of carboxylic acid groups (broad SMARTS) is 1. The topological polar surface area (TPSA) is 49.8 Å². The molecule has 1 aliphatic carbocycles. The zero-order valence-electron chi connectivity index (χ0n) is 13.5. The van der Waals surface area contributed by atoms with Crippen LogP contribution in [0.4, 0.5) is 8.78 Å². The van der Waals surface area contributed by atoms with Gasteiger partial charge in [-0.15, -0.1) is 0 Å². The van der Waals surface area contributed by atoms with E-state index in [1.807, 2.05) is 12.1 Å². The second-order valence-electron chi connectivity index (χ2n) is 6.72. The molecule has 0 bridgehead atoms. The summed E-state index contributed by atoms with van der Waals surface area (Å²) < 4.78 is 29.3. The van der Waals surface area contributed by atoms with E-state index in [9.17, 15) is 18.7 Å². The Hall–Kier alpha value is -1.69. The molecule has 1 aromatic rings. The van der Waals surface area contributed by atoms with Gasteiger partial charge < -0.3 is 9.84 Å². The first-order valence-corrected chi connectivity index (χ1v) is 8.53. The third-order valence-electron chi connectivity index (χ3n) is 5.17. The second kappa shape index (κ2) is 7.47. The van der Waals surface area contributed by atoms with Crippen LogP contribution < -0.4 is 4.74 Å². The van der Waals surface area contributed by atoms with Crippen molar-refractivity contribution in [2.45, 2.75) is 57.2 Å². The molecule has 1 heterocycles. The van der Waals surface area contributed by atoms with E-state index in [0.29, 0.717) is 24.3 Å². The standard InChI is InChI=1S/C18H23F2NO3/c19-17(20)11-24-14-7-5-12(6-8-14)10-21-15-4-2-1-3-13(15)9-16(21)18(22)23/h5-8,13,15-17H,1-4,9-11H2,(H,22,23). The Morgan fingerprint density at radius 2 is 1.96 bits per heavy atom. The molecule has 1 aliphatic heterocycles. The van der Waals surface area contributed by atoms with Gasteiger partial charge >= 0.3 is 5.97 Å². The quantitative estimate of drug-likeness (QED) is 0.861. The Balaban J connectivity index is 1.67. The molecule has 1 saturated carbocycles. The van der Waals surface area contributed by atoms with Crippen LogP contribution in [0.3, 0.4) is 0 Å². The van der Waals surface area contributed by atoms with E-state index in [2.05, 4.69) is 4.90 Å². The fraction of sp³-hybridized carbons (Fsp3) is 0.611. The second-order valence-corrected chi connectivity index (χ2v) is 6.72. The van der Waals surface area contributed by atoms with Crippen molar-refractivity contribution in [2.24, 2.45) is 5.92 Å². The summed E-state index contributed by atoms with van der Waals surface area (Å²) in [5.74, 6) is 0.139. The Kier molecular flexibility index (Phi) is 5.33. The number of nitrogens with zero attached hydrogens (tertiary/aromatic N) is 1. The Bertz CT molecular complexity index is 564. The van der Waals surface area contributed by atoms with Crippen LogP contribution in [-0.4, -0.2) is 41.1 Å². The number of carbonyl (C=O) groups is 1. The number of halogens is 2. The number of hydrogen-bond acceptors (Lipinski definition) is 3. The van der Waals surface area contributed by atoms with E-state index in [0.717, 1.165) is 31.2 Å². The van der Waals surface area contributed by atoms with E-state index in [4.69, 9.17) is 4.74 Å². The molecule has 1 saturated heterocycles. The molecular weight excluding hydrogens is 316 g/mol. The Morgan fingerprint density at radius 1 is 1.25 bits per heavy atom. The zero-order chi connectivity index (χ0) is 17.1. The van der Waals surface area contributed by atoms with Gasteiger partial charge in [-0.3, -0.25) is 9.69 Å². The van der Waals surface area contributed by atoms with Crippen LogP contribution in [0.5, 0.6) is 5.75 Å². The van der Waals surface area contributed by atoms with Gasteiger partial charge in [0, 0.05) is 12.6 Å². The minimum Gasteiger partial charge on any atom is -0.488 e. The van der Waals surface area contributed by atoms with Crippen molar-refractivity contribution >= 4 is 5.97 Å². The SMILES string of the molecule is O=C(O)C1CC2CCCCC2N1Cc1ccc(OCC(F)F)cc1. The van der Waals surface area contributed by atoms with Crippen LogP contribution in [0.2, 0.25) is 0 Å². The molecule has 1 aromatic carbocycles. The highest BCUT2D eigenvalue weighted by Crippen LogP contribution is 2.40. The van der Waals surface area contributed by atoms with Crippen molar-refractivity contribution in [1.82, 2.24) is 4.90 Å². The maximum absolute atomic E-state index is 12.2. The number of ether oxygens (including phenoxy) is 1. The third-order valence-corrected chi connectivity index (χ3v) is 5.17. The van der Waals surface area contributed by atoms with Gasteiger partial charge in [-0.1, -0.05) is 25.0 Å². The lowest BCUT2D eigenvalue weighted by Gasteiger charge is -2.33. The van der Waals surface area contributed by atoms with Crippen LogP contribution in [0, 0.1) is 5.92 Å². The minimum absolute atomic E-state index is 0.342. The molecule has 0 aromatic heterocycles. The van der Waals surface area contributed by atoms with E-state index in [1.165, 1.54) is 6.42 Å². The molecule has 3 unspecified atom stereocenters. The molecule has 0 spiro atoms. The van der Waals surface area contributed by atoms with Crippen molar-refractivity contribution in [3.8, 4) is 5.75 Å². The molecular formula is C18H23F2NO3. The van der Waals surface area contributed by atoms with Crippen molar-refractivity contribution < 1.29 is 23.4 Å². The van der Waals surface area contributed by atoms with Crippen LogP contribution in [-0.2, 0) is 11.3 Å². The summed E-state index contributed by atoms with van der Waals surface area (Å²) in [7, 11) is 0. The van der Waals surface area contributed by atoms with Crippen molar-refractivity contribution in [1.29, 1.82) is 0 Å². The number of carboxylic acids is 1. The predicted octanol–water partition coefficient (Wildman–Crippen LogP) is 3.55. The summed E-state index contributed by atoms with van der Waals surface area (Å²) in [5, 5.41) is 9.54. The molecule has 2 fully saturated rings. The maximum atomic E-state index is 12.2. The van der Waals surface area contributed by atoms with Gasteiger partial charge in [-0.2, -0.15) is 0 Å². The Labute approximate surface area is 140 Å². The molecule has 4 nitrogen and oxygen atoms in total. The number of fused-ring (bicyclic) bond motifs is 1. The van der Waals surface area contributed by atoms with Crippen LogP contribution in [0.25, 0.3) is 0 Å². The molecule has 0 amide bonds. The minimum atomic E-state index is -2.49. The highest BCUT2D eigenvalue weighted by Gasteiger charge is 2.44. The highest BCUT2D eigenvalue weighted by molar-refractivity contribution is 5.74. The fourth-order valence-electron chi connectivity index (χ4n) is 4.08. The average molecular weight is 339 g/mol. The van der Waals surface area contributed by atoms with Gasteiger partial charge in [-0.25, -0.2) is 8.78 Å². The van der Waals surface area contributed by atoms with Gasteiger partial charge in [-0.05, 0) is 42.9 Å². The van der Waals surface area contributed by atoms with Crippen molar-refractivity contribution in [2.75, 3.05) is 6.61 Å². The zero-order valence-corrected chi connectivity index (χ0v) is 13.5. The summed E-state index contributed by atoms with van der Waals surface area (Å²) in [6, 6.07) is 6.91. The van der Waals surface area contributed by atoms with E-state index < -0.39 is 25.0 Å². The number of aliphatic carboxylic acids is 1. The molecule has 132 valence electrons. The number of likely N-dealkylation sites (tertiary alicyclic amines) is 1. The lowest BCUT2D eigenvalue weighted by Crippen LogP contribution is -2.41. The fourth-order valence-corrected chi connectivity index (χ4v) is 4.08. The summed E-state index contributed by atoms with van der Waals surface area (Å²) >= 11 is 0. The number of hydrogen-bond donors (Lipinski definition) is 1. The molecule has 6 heteroatoms. The van der Waals surface area contributed by atoms with Gasteiger partial charge in [0.1, 0.15) is 18.4 Å². The summed E-state index contributed by atoms with van der Waals surface area (Å²) in [4.78, 5) is 13.7. The molecule has 2 aliphatic rings. The third kappa shape index (κ3) is 3.86. The first kappa shape index (κ1) is 17.1. The van der Waals surface area contributed by atoms with Crippen molar-refractivity contribution in [3.05, 3.63) is 29.8 Å².